The third-order valence-electron chi connectivity index (χ3n) is 4.31. The van der Waals surface area contributed by atoms with Gasteiger partial charge in [0.25, 0.3) is 0 Å². The minimum absolute atomic E-state index is 0.682. The van der Waals surface area contributed by atoms with Crippen molar-refractivity contribution in [1.29, 1.82) is 0 Å². The standard InChI is InChI=1S/C13H25N3/c1-2-9-15-12(14)16-10-7-13(8-11-16)5-3-4-6-13/h2-11H2,1H3,(H2,14,15). The summed E-state index contributed by atoms with van der Waals surface area (Å²) in [4.78, 5) is 6.68. The first-order chi connectivity index (χ1) is 7.76. The van der Waals surface area contributed by atoms with Gasteiger partial charge in [0.05, 0.1) is 0 Å². The molecule has 1 aliphatic carbocycles. The first kappa shape index (κ1) is 11.7. The quantitative estimate of drug-likeness (QED) is 0.577. The molecule has 2 rings (SSSR count). The molecule has 0 aromatic heterocycles. The highest BCUT2D eigenvalue weighted by Gasteiger charge is 2.37. The van der Waals surface area contributed by atoms with Crippen LogP contribution in [0.5, 0.6) is 0 Å². The first-order valence-electron chi connectivity index (χ1n) is 6.81. The Morgan fingerprint density at radius 2 is 1.81 bits per heavy atom. The summed E-state index contributed by atoms with van der Waals surface area (Å²) in [6, 6.07) is 0. The SMILES string of the molecule is CCCN=C(N)N1CCC2(CCCC2)CC1. The second-order valence-electron chi connectivity index (χ2n) is 5.43. The van der Waals surface area contributed by atoms with E-state index in [0.29, 0.717) is 5.41 Å². The molecule has 1 saturated heterocycles. The van der Waals surface area contributed by atoms with Crippen LogP contribution in [0.4, 0.5) is 0 Å². The van der Waals surface area contributed by atoms with Gasteiger partial charge < -0.3 is 10.6 Å². The largest absolute Gasteiger partial charge is 0.370 e. The van der Waals surface area contributed by atoms with Gasteiger partial charge >= 0.3 is 0 Å². The Kier molecular flexibility index (Phi) is 3.72. The van der Waals surface area contributed by atoms with Crippen molar-refractivity contribution in [2.75, 3.05) is 19.6 Å². The number of guanidine groups is 1. The number of rotatable bonds is 2. The summed E-state index contributed by atoms with van der Waals surface area (Å²) in [6.07, 6.45) is 9.53. The fraction of sp³-hybridized carbons (Fsp3) is 0.923. The number of hydrogen-bond acceptors (Lipinski definition) is 1. The van der Waals surface area contributed by atoms with E-state index in [2.05, 4.69) is 16.8 Å². The maximum absolute atomic E-state index is 6.00. The highest BCUT2D eigenvalue weighted by Crippen LogP contribution is 2.45. The second kappa shape index (κ2) is 5.07. The minimum atomic E-state index is 0.682. The molecule has 0 atom stereocenters. The van der Waals surface area contributed by atoms with Crippen molar-refractivity contribution in [1.82, 2.24) is 4.90 Å². The predicted molar refractivity (Wildman–Crippen MR) is 68.5 cm³/mol. The molecule has 1 spiro atoms. The van der Waals surface area contributed by atoms with E-state index in [4.69, 9.17) is 5.73 Å². The fourth-order valence-electron chi connectivity index (χ4n) is 3.16. The van der Waals surface area contributed by atoms with E-state index in [1.807, 2.05) is 0 Å². The van der Waals surface area contributed by atoms with Crippen LogP contribution in [-0.2, 0) is 0 Å². The molecule has 1 aliphatic heterocycles. The summed E-state index contributed by atoms with van der Waals surface area (Å²) in [5.74, 6) is 0.773. The average Bonchev–Trinajstić information content (AvgIpc) is 2.75. The molecule has 3 nitrogen and oxygen atoms in total. The third kappa shape index (κ3) is 2.50. The topological polar surface area (TPSA) is 41.6 Å². The highest BCUT2D eigenvalue weighted by atomic mass is 15.3. The smallest absolute Gasteiger partial charge is 0.191 e. The molecule has 2 fully saturated rings. The molecule has 92 valence electrons. The normalized spacial score (nSPS) is 25.3. The van der Waals surface area contributed by atoms with Gasteiger partial charge in [-0.3, -0.25) is 4.99 Å². The van der Waals surface area contributed by atoms with Gasteiger partial charge in [-0.05, 0) is 37.5 Å². The van der Waals surface area contributed by atoms with Crippen LogP contribution in [-0.4, -0.2) is 30.5 Å². The second-order valence-corrected chi connectivity index (χ2v) is 5.43. The van der Waals surface area contributed by atoms with Crippen LogP contribution in [0.3, 0.4) is 0 Å². The van der Waals surface area contributed by atoms with Gasteiger partial charge in [-0.25, -0.2) is 0 Å². The van der Waals surface area contributed by atoms with Crippen LogP contribution in [0.2, 0.25) is 0 Å². The molecule has 1 saturated carbocycles. The number of hydrogen-bond donors (Lipinski definition) is 1. The Hall–Kier alpha value is -0.730. The van der Waals surface area contributed by atoms with Gasteiger partial charge in [-0.1, -0.05) is 19.8 Å². The summed E-state index contributed by atoms with van der Waals surface area (Å²) >= 11 is 0. The van der Waals surface area contributed by atoms with E-state index in [9.17, 15) is 0 Å². The first-order valence-corrected chi connectivity index (χ1v) is 6.81. The Morgan fingerprint density at radius 1 is 1.19 bits per heavy atom. The van der Waals surface area contributed by atoms with Crippen molar-refractivity contribution >= 4 is 5.96 Å². The predicted octanol–water partition coefficient (Wildman–Crippen LogP) is 2.37. The van der Waals surface area contributed by atoms with Gasteiger partial charge in [-0.2, -0.15) is 0 Å². The van der Waals surface area contributed by atoms with Crippen molar-refractivity contribution in [3.63, 3.8) is 0 Å². The summed E-state index contributed by atoms with van der Waals surface area (Å²) < 4.78 is 0. The zero-order chi connectivity index (χ0) is 11.4. The van der Waals surface area contributed by atoms with Crippen molar-refractivity contribution in [3.05, 3.63) is 0 Å². The number of nitrogens with two attached hydrogens (primary N) is 1. The van der Waals surface area contributed by atoms with Crippen LogP contribution in [0.25, 0.3) is 0 Å². The van der Waals surface area contributed by atoms with E-state index in [1.165, 1.54) is 38.5 Å². The van der Waals surface area contributed by atoms with Crippen molar-refractivity contribution < 1.29 is 0 Å². The van der Waals surface area contributed by atoms with Crippen molar-refractivity contribution in [2.24, 2.45) is 16.1 Å². The van der Waals surface area contributed by atoms with E-state index in [0.717, 1.165) is 32.0 Å². The van der Waals surface area contributed by atoms with Gasteiger partial charge in [0.1, 0.15) is 0 Å². The van der Waals surface area contributed by atoms with Crippen molar-refractivity contribution in [2.45, 2.75) is 51.9 Å². The molecule has 16 heavy (non-hydrogen) atoms. The molecule has 2 aliphatic rings. The molecule has 3 heteroatoms. The van der Waals surface area contributed by atoms with Crippen molar-refractivity contribution in [3.8, 4) is 0 Å². The summed E-state index contributed by atoms with van der Waals surface area (Å²) in [5.41, 5.74) is 6.68. The van der Waals surface area contributed by atoms with Gasteiger partial charge in [0.2, 0.25) is 0 Å². The molecule has 1 heterocycles. The molecule has 0 radical (unpaired) electrons. The Bertz CT molecular complexity index is 244. The Morgan fingerprint density at radius 3 is 2.38 bits per heavy atom. The molecular weight excluding hydrogens is 198 g/mol. The summed E-state index contributed by atoms with van der Waals surface area (Å²) in [6.45, 7) is 5.26. The molecule has 0 aromatic rings. The molecule has 0 aromatic carbocycles. The Labute approximate surface area is 99.1 Å². The van der Waals surface area contributed by atoms with Crippen LogP contribution >= 0.6 is 0 Å². The Balaban J connectivity index is 1.84. The van der Waals surface area contributed by atoms with Crippen LogP contribution in [0.1, 0.15) is 51.9 Å². The van der Waals surface area contributed by atoms with E-state index >= 15 is 0 Å². The third-order valence-corrected chi connectivity index (χ3v) is 4.31. The molecule has 0 bridgehead atoms. The van der Waals surface area contributed by atoms with Gasteiger partial charge in [0, 0.05) is 19.6 Å². The monoisotopic (exact) mass is 223 g/mol. The number of aliphatic imine (C=N–C) groups is 1. The number of piperidine rings is 1. The molecule has 2 N–H and O–H groups in total. The van der Waals surface area contributed by atoms with Crippen LogP contribution in [0.15, 0.2) is 4.99 Å². The lowest BCUT2D eigenvalue weighted by atomic mass is 9.77. The van der Waals surface area contributed by atoms with Gasteiger partial charge in [0.15, 0.2) is 5.96 Å². The summed E-state index contributed by atoms with van der Waals surface area (Å²) in [7, 11) is 0. The lowest BCUT2D eigenvalue weighted by molar-refractivity contribution is 0.153. The lowest BCUT2D eigenvalue weighted by Crippen LogP contribution is -2.45. The lowest BCUT2D eigenvalue weighted by Gasteiger charge is -2.39. The van der Waals surface area contributed by atoms with Crippen LogP contribution < -0.4 is 5.73 Å². The number of likely N-dealkylation sites (tertiary alicyclic amines) is 1. The van der Waals surface area contributed by atoms with Gasteiger partial charge in [-0.15, -0.1) is 0 Å². The van der Waals surface area contributed by atoms with E-state index < -0.39 is 0 Å². The minimum Gasteiger partial charge on any atom is -0.370 e. The molecular formula is C13H25N3. The average molecular weight is 223 g/mol. The zero-order valence-corrected chi connectivity index (χ0v) is 10.5. The van der Waals surface area contributed by atoms with E-state index in [-0.39, 0.29) is 0 Å². The highest BCUT2D eigenvalue weighted by molar-refractivity contribution is 5.78. The molecule has 0 amide bonds. The molecule has 0 unspecified atom stereocenters. The maximum Gasteiger partial charge on any atom is 0.191 e. The number of nitrogens with zero attached hydrogens (tertiary/aromatic N) is 2. The summed E-state index contributed by atoms with van der Waals surface area (Å²) in [5, 5.41) is 0. The zero-order valence-electron chi connectivity index (χ0n) is 10.5. The van der Waals surface area contributed by atoms with Crippen LogP contribution in [0, 0.1) is 5.41 Å². The maximum atomic E-state index is 6.00. The fourth-order valence-corrected chi connectivity index (χ4v) is 3.16. The van der Waals surface area contributed by atoms with E-state index in [1.54, 1.807) is 0 Å².